The predicted octanol–water partition coefficient (Wildman–Crippen LogP) is 2.86. The van der Waals surface area contributed by atoms with Gasteiger partial charge < -0.3 is 10.1 Å². The largest absolute Gasteiger partial charge is 0.366 e. The fraction of sp³-hybridized carbons (Fsp3) is 0.417. The summed E-state index contributed by atoms with van der Waals surface area (Å²) < 4.78 is 44.1. The number of anilines is 1. The molecular formula is C12H14F3NO2. The molecule has 0 aliphatic heterocycles. The lowest BCUT2D eigenvalue weighted by Gasteiger charge is -2.19. The third kappa shape index (κ3) is 4.37. The van der Waals surface area contributed by atoms with E-state index in [1.807, 2.05) is 5.32 Å². The molecule has 18 heavy (non-hydrogen) atoms. The van der Waals surface area contributed by atoms with E-state index in [2.05, 4.69) is 0 Å². The van der Waals surface area contributed by atoms with Crippen molar-refractivity contribution >= 4 is 11.6 Å². The number of amides is 1. The topological polar surface area (TPSA) is 38.3 Å². The van der Waals surface area contributed by atoms with Crippen LogP contribution in [0.3, 0.4) is 0 Å². The lowest BCUT2D eigenvalue weighted by atomic mass is 10.2. The van der Waals surface area contributed by atoms with Crippen LogP contribution in [-0.4, -0.2) is 18.1 Å². The maximum Gasteiger partial charge on any atom is 0.250 e. The van der Waals surface area contributed by atoms with E-state index in [1.165, 1.54) is 0 Å². The molecule has 0 aliphatic rings. The Morgan fingerprint density at radius 3 is 2.44 bits per heavy atom. The summed E-state index contributed by atoms with van der Waals surface area (Å²) in [6.45, 7) is 4.88. The van der Waals surface area contributed by atoms with E-state index in [1.54, 1.807) is 20.8 Å². The zero-order valence-electron chi connectivity index (χ0n) is 10.3. The lowest BCUT2D eigenvalue weighted by Crippen LogP contribution is -2.27. The minimum atomic E-state index is -1.36. The molecule has 0 aromatic heterocycles. The molecule has 0 unspecified atom stereocenters. The number of nitrogens with one attached hydrogen (secondary N) is 1. The molecule has 1 rings (SSSR count). The van der Waals surface area contributed by atoms with Gasteiger partial charge in [-0.3, -0.25) is 4.79 Å². The lowest BCUT2D eigenvalue weighted by molar-refractivity contribution is -0.125. The average Bonchev–Trinajstić information content (AvgIpc) is 2.21. The highest BCUT2D eigenvalue weighted by molar-refractivity contribution is 5.91. The third-order valence-electron chi connectivity index (χ3n) is 1.90. The summed E-state index contributed by atoms with van der Waals surface area (Å²) in [6, 6.07) is 1.10. The molecule has 6 heteroatoms. The number of carbonyl (C=O) groups is 1. The second-order valence-corrected chi connectivity index (χ2v) is 4.70. The quantitative estimate of drug-likeness (QED) is 0.850. The van der Waals surface area contributed by atoms with Gasteiger partial charge in [-0.25, -0.2) is 13.2 Å². The summed E-state index contributed by atoms with van der Waals surface area (Å²) in [6.07, 6.45) is 0. The van der Waals surface area contributed by atoms with Gasteiger partial charge in [-0.15, -0.1) is 0 Å². The molecule has 3 nitrogen and oxygen atoms in total. The van der Waals surface area contributed by atoms with Crippen LogP contribution in [-0.2, 0) is 9.53 Å². The van der Waals surface area contributed by atoms with Crippen LogP contribution in [0.25, 0.3) is 0 Å². The molecule has 0 bridgehead atoms. The number of hydrogen-bond donors (Lipinski definition) is 1. The van der Waals surface area contributed by atoms with Gasteiger partial charge in [0, 0.05) is 12.1 Å². The van der Waals surface area contributed by atoms with E-state index in [0.717, 1.165) is 0 Å². The first-order chi connectivity index (χ1) is 8.19. The molecule has 1 amide bonds. The molecule has 0 saturated carbocycles. The Morgan fingerprint density at radius 2 is 1.89 bits per heavy atom. The summed E-state index contributed by atoms with van der Waals surface area (Å²) in [4.78, 5) is 11.4. The van der Waals surface area contributed by atoms with Gasteiger partial charge in [-0.05, 0) is 20.8 Å². The van der Waals surface area contributed by atoms with Crippen LogP contribution in [0, 0.1) is 17.5 Å². The summed E-state index contributed by atoms with van der Waals surface area (Å²) in [5, 5.41) is 2.05. The summed E-state index contributed by atoms with van der Waals surface area (Å²) in [5.41, 5.74) is -1.08. The Bertz CT molecular complexity index is 455. The van der Waals surface area contributed by atoms with Crippen molar-refractivity contribution in [1.29, 1.82) is 0 Å². The maximum absolute atomic E-state index is 13.2. The first-order valence-corrected chi connectivity index (χ1v) is 5.27. The summed E-state index contributed by atoms with van der Waals surface area (Å²) in [7, 11) is 0. The first kappa shape index (κ1) is 14.5. The monoisotopic (exact) mass is 261 g/mol. The Morgan fingerprint density at radius 1 is 1.28 bits per heavy atom. The van der Waals surface area contributed by atoms with Gasteiger partial charge in [0.2, 0.25) is 5.91 Å². The molecule has 100 valence electrons. The van der Waals surface area contributed by atoms with Crippen molar-refractivity contribution < 1.29 is 22.7 Å². The number of halogens is 3. The zero-order chi connectivity index (χ0) is 13.9. The van der Waals surface area contributed by atoms with Gasteiger partial charge in [0.15, 0.2) is 11.6 Å². The second-order valence-electron chi connectivity index (χ2n) is 4.70. The molecule has 1 aromatic carbocycles. The fourth-order valence-corrected chi connectivity index (χ4v) is 1.12. The maximum atomic E-state index is 13.2. The minimum Gasteiger partial charge on any atom is -0.366 e. The number of hydrogen-bond acceptors (Lipinski definition) is 2. The molecule has 0 saturated heterocycles. The number of benzene rings is 1. The number of carbonyl (C=O) groups excluding carboxylic acids is 1. The van der Waals surface area contributed by atoms with Crippen molar-refractivity contribution in [2.45, 2.75) is 26.4 Å². The van der Waals surface area contributed by atoms with Crippen LogP contribution in [0.2, 0.25) is 0 Å². The minimum absolute atomic E-state index is 0.332. The Labute approximate surface area is 103 Å². The summed E-state index contributed by atoms with van der Waals surface area (Å²) >= 11 is 0. The van der Waals surface area contributed by atoms with Crippen LogP contribution in [0.1, 0.15) is 20.8 Å². The normalized spacial score (nSPS) is 11.4. The van der Waals surface area contributed by atoms with Crippen molar-refractivity contribution in [3.63, 3.8) is 0 Å². The van der Waals surface area contributed by atoms with Gasteiger partial charge >= 0.3 is 0 Å². The highest BCUT2D eigenvalue weighted by Gasteiger charge is 2.16. The van der Waals surface area contributed by atoms with Gasteiger partial charge in [-0.2, -0.15) is 0 Å². The van der Waals surface area contributed by atoms with Gasteiger partial charge in [0.1, 0.15) is 12.4 Å². The van der Waals surface area contributed by atoms with Crippen LogP contribution in [0.15, 0.2) is 12.1 Å². The molecule has 1 aromatic rings. The average molecular weight is 261 g/mol. The van der Waals surface area contributed by atoms with E-state index >= 15 is 0 Å². The van der Waals surface area contributed by atoms with Crippen molar-refractivity contribution in [3.8, 4) is 0 Å². The zero-order valence-corrected chi connectivity index (χ0v) is 10.3. The van der Waals surface area contributed by atoms with Crippen LogP contribution in [0.5, 0.6) is 0 Å². The Hall–Kier alpha value is -1.56. The molecule has 0 radical (unpaired) electrons. The van der Waals surface area contributed by atoms with E-state index < -0.39 is 34.6 Å². The third-order valence-corrected chi connectivity index (χ3v) is 1.90. The van der Waals surface area contributed by atoms with Crippen LogP contribution < -0.4 is 5.32 Å². The van der Waals surface area contributed by atoms with Gasteiger partial charge in [-0.1, -0.05) is 0 Å². The van der Waals surface area contributed by atoms with Crippen molar-refractivity contribution in [2.24, 2.45) is 0 Å². The van der Waals surface area contributed by atoms with E-state index in [-0.39, 0.29) is 6.61 Å². The smallest absolute Gasteiger partial charge is 0.250 e. The fourth-order valence-electron chi connectivity index (χ4n) is 1.12. The summed E-state index contributed by atoms with van der Waals surface area (Å²) in [5.74, 6) is -4.32. The molecular weight excluding hydrogens is 247 g/mol. The van der Waals surface area contributed by atoms with Crippen LogP contribution in [0.4, 0.5) is 18.9 Å². The Kier molecular flexibility index (Phi) is 4.34. The van der Waals surface area contributed by atoms with Crippen molar-refractivity contribution in [2.75, 3.05) is 11.9 Å². The first-order valence-electron chi connectivity index (χ1n) is 5.27. The second kappa shape index (κ2) is 5.39. The molecule has 1 N–H and O–H groups in total. The SMILES string of the molecule is CC(C)(C)OCC(=O)Nc1cc(F)cc(F)c1F. The molecule has 0 spiro atoms. The molecule has 0 heterocycles. The van der Waals surface area contributed by atoms with Gasteiger partial charge in [0.25, 0.3) is 0 Å². The van der Waals surface area contributed by atoms with Crippen LogP contribution >= 0.6 is 0 Å². The van der Waals surface area contributed by atoms with Crippen molar-refractivity contribution in [3.05, 3.63) is 29.6 Å². The number of rotatable bonds is 3. The highest BCUT2D eigenvalue weighted by Crippen LogP contribution is 2.19. The molecule has 0 atom stereocenters. The standard InChI is InChI=1S/C12H14F3NO2/c1-12(2,3)18-6-10(17)16-9-5-7(13)4-8(14)11(9)15/h4-5H,6H2,1-3H3,(H,16,17). The van der Waals surface area contributed by atoms with Crippen molar-refractivity contribution in [1.82, 2.24) is 0 Å². The number of ether oxygens (including phenoxy) is 1. The molecule has 0 aliphatic carbocycles. The van der Waals surface area contributed by atoms with E-state index in [0.29, 0.717) is 12.1 Å². The predicted molar refractivity (Wildman–Crippen MR) is 60.7 cm³/mol. The highest BCUT2D eigenvalue weighted by atomic mass is 19.2. The Balaban J connectivity index is 2.71. The van der Waals surface area contributed by atoms with E-state index in [4.69, 9.17) is 4.74 Å². The van der Waals surface area contributed by atoms with Gasteiger partial charge in [0.05, 0.1) is 11.3 Å². The van der Waals surface area contributed by atoms with E-state index in [9.17, 15) is 18.0 Å². The molecule has 0 fully saturated rings.